The Morgan fingerprint density at radius 2 is 1.08 bits per heavy atom. The van der Waals surface area contributed by atoms with Crippen molar-refractivity contribution >= 4 is 35.5 Å². The quantitative estimate of drug-likeness (QED) is 0.0298. The number of nitrogens with zero attached hydrogens (tertiary/aromatic N) is 1. The van der Waals surface area contributed by atoms with Gasteiger partial charge in [0.05, 0.1) is 45.6 Å². The average Bonchev–Trinajstić information content (AvgIpc) is 3.69. The number of hydrogen-bond donors (Lipinski definition) is 16. The van der Waals surface area contributed by atoms with Gasteiger partial charge in [-0.3, -0.25) is 24.0 Å². The minimum absolute atomic E-state index is 0.0437. The van der Waals surface area contributed by atoms with Crippen molar-refractivity contribution in [1.82, 2.24) is 21.0 Å². The van der Waals surface area contributed by atoms with Gasteiger partial charge in [0.1, 0.15) is 97.6 Å². The van der Waals surface area contributed by atoms with Crippen LogP contribution < -0.4 is 16.0 Å². The van der Waals surface area contributed by atoms with Crippen LogP contribution in [0.2, 0.25) is 0 Å². The molecule has 16 N–H and O–H groups in total. The number of ether oxygens (including phenoxy) is 8. The highest BCUT2D eigenvalue weighted by molar-refractivity contribution is 6.01. The molecule has 5 amide bonds. The zero-order valence-corrected chi connectivity index (χ0v) is 39.9. The summed E-state index contributed by atoms with van der Waals surface area (Å²) in [6.45, 7) is -2.49. The lowest BCUT2D eigenvalue weighted by atomic mass is 9.96. The second-order valence-corrected chi connectivity index (χ2v) is 18.0. The molecule has 0 aromatic rings. The fourth-order valence-corrected chi connectivity index (χ4v) is 8.15. The van der Waals surface area contributed by atoms with E-state index in [1.54, 1.807) is 0 Å². The number of amides is 5. The van der Waals surface area contributed by atoms with Crippen molar-refractivity contribution in [2.24, 2.45) is 0 Å². The van der Waals surface area contributed by atoms with Crippen molar-refractivity contribution in [3.05, 3.63) is 0 Å². The molecule has 0 aliphatic carbocycles. The Bertz CT molecular complexity index is 1840. The first kappa shape index (κ1) is 61.0. The number of nitrogens with one attached hydrogen (secondary N) is 3. The molecule has 5 rings (SSSR count). The van der Waals surface area contributed by atoms with Gasteiger partial charge in [-0.1, -0.05) is 0 Å². The molecule has 424 valence electrons. The summed E-state index contributed by atoms with van der Waals surface area (Å²) in [5.41, 5.74) is 0. The highest BCUT2D eigenvalue weighted by Gasteiger charge is 2.52. The third-order valence-corrected chi connectivity index (χ3v) is 12.5. The molecule has 21 atom stereocenters. The van der Waals surface area contributed by atoms with E-state index in [0.717, 1.165) is 0 Å². The molecule has 0 radical (unpaired) electrons. The molecule has 74 heavy (non-hydrogen) atoms. The summed E-state index contributed by atoms with van der Waals surface area (Å²) in [5.74, 6) is -4.77. The van der Waals surface area contributed by atoms with E-state index >= 15 is 0 Å². The van der Waals surface area contributed by atoms with E-state index in [1.165, 1.54) is 6.92 Å². The summed E-state index contributed by atoms with van der Waals surface area (Å²) >= 11 is 0. The van der Waals surface area contributed by atoms with Crippen LogP contribution >= 0.6 is 0 Å². The highest BCUT2D eigenvalue weighted by Crippen LogP contribution is 2.31. The highest BCUT2D eigenvalue weighted by atomic mass is 16.8. The molecule has 5 fully saturated rings. The van der Waals surface area contributed by atoms with Gasteiger partial charge in [-0.25, -0.2) is 4.79 Å². The lowest BCUT2D eigenvalue weighted by Gasteiger charge is -2.46. The van der Waals surface area contributed by atoms with Crippen LogP contribution in [-0.4, -0.2) is 282 Å². The number of aliphatic hydroxyl groups is 13. The van der Waals surface area contributed by atoms with Crippen LogP contribution in [0.25, 0.3) is 0 Å². The maximum atomic E-state index is 13.6. The Kier molecular flexibility index (Phi) is 23.5. The Labute approximate surface area is 420 Å². The number of hydroxylamine groups is 2. The van der Waals surface area contributed by atoms with Gasteiger partial charge >= 0.3 is 5.97 Å². The van der Waals surface area contributed by atoms with Gasteiger partial charge in [0, 0.05) is 38.8 Å². The fraction of sp³-hybridized carbons (Fsp3) is 0.857. The Morgan fingerprint density at radius 1 is 0.581 bits per heavy atom. The number of aliphatic hydroxyl groups excluding tert-OH is 13. The maximum Gasteiger partial charge on any atom is 0.333 e. The van der Waals surface area contributed by atoms with E-state index in [9.17, 15) is 95.2 Å². The van der Waals surface area contributed by atoms with Crippen molar-refractivity contribution < 1.29 is 138 Å². The van der Waals surface area contributed by atoms with Gasteiger partial charge in [0.25, 0.3) is 11.8 Å². The molecule has 0 aromatic carbocycles. The lowest BCUT2D eigenvalue weighted by Crippen LogP contribution is -2.65. The zero-order valence-electron chi connectivity index (χ0n) is 39.9. The van der Waals surface area contributed by atoms with Crippen LogP contribution in [0.4, 0.5) is 0 Å². The molecular weight excluding hydrogens is 1010 g/mol. The van der Waals surface area contributed by atoms with Crippen LogP contribution in [0, 0.1) is 0 Å². The Balaban J connectivity index is 1.20. The largest absolute Gasteiger partial charge is 0.394 e. The third-order valence-electron chi connectivity index (χ3n) is 12.5. The normalized spacial score (nSPS) is 38.1. The number of hydrogen-bond acceptors (Lipinski definition) is 28. The number of unbranched alkanes of at least 4 members (excludes halogenated alkanes) is 1. The first-order chi connectivity index (χ1) is 35.1. The summed E-state index contributed by atoms with van der Waals surface area (Å²) in [7, 11) is 0. The summed E-state index contributed by atoms with van der Waals surface area (Å²) in [6.07, 6.45) is -35.3. The third kappa shape index (κ3) is 15.9. The van der Waals surface area contributed by atoms with Gasteiger partial charge in [-0.05, 0) is 19.8 Å². The smallest absolute Gasteiger partial charge is 0.333 e. The molecule has 0 spiro atoms. The molecule has 5 aliphatic rings. The monoisotopic (exact) mass is 1080 g/mol. The molecule has 0 bridgehead atoms. The van der Waals surface area contributed by atoms with Gasteiger partial charge in [-0.2, -0.15) is 0 Å². The molecule has 32 nitrogen and oxygen atoms in total. The van der Waals surface area contributed by atoms with Gasteiger partial charge < -0.3 is 125 Å². The van der Waals surface area contributed by atoms with E-state index in [1.807, 2.05) is 0 Å². The predicted octanol–water partition coefficient (Wildman–Crippen LogP) is -10.4. The molecule has 1 unspecified atom stereocenters. The molecular formula is C42H68N4O28. The second kappa shape index (κ2) is 28.5. The van der Waals surface area contributed by atoms with Crippen LogP contribution in [0.15, 0.2) is 0 Å². The van der Waals surface area contributed by atoms with Crippen LogP contribution in [0.3, 0.4) is 0 Å². The van der Waals surface area contributed by atoms with E-state index < -0.39 is 204 Å². The van der Waals surface area contributed by atoms with Crippen molar-refractivity contribution in [1.29, 1.82) is 0 Å². The number of carbonyl (C=O) groups excluding carboxylic acids is 6. The Hall–Kier alpha value is -3.82. The average molecular weight is 1080 g/mol. The van der Waals surface area contributed by atoms with E-state index in [2.05, 4.69) is 16.0 Å². The predicted molar refractivity (Wildman–Crippen MR) is 232 cm³/mol. The number of carbonyl (C=O) groups is 6. The first-order valence-electron chi connectivity index (χ1n) is 23.8. The van der Waals surface area contributed by atoms with Crippen molar-refractivity contribution in [3.63, 3.8) is 0 Å². The number of rotatable bonds is 25. The van der Waals surface area contributed by atoms with Gasteiger partial charge in [0.2, 0.25) is 17.7 Å². The fourth-order valence-electron chi connectivity index (χ4n) is 8.15. The van der Waals surface area contributed by atoms with Crippen molar-refractivity contribution in [3.8, 4) is 0 Å². The topological polar surface area (TPSA) is 488 Å². The molecule has 5 aliphatic heterocycles. The molecule has 32 heteroatoms. The SMILES string of the molecule is C[C@@H]1O[C@@H](OCCNC(=O)CC(NC(=O)CCCCC(=O)ON2C(=O)CCC2=O)C(=O)NCCO[C@H]2O[C@H](CO[C@H]3O[C@H](CO)[C@@H](O)[C@H](O)[C@@H]3O)[C@@H](O)[C@H](O[C@H]3O[C@H](CO)[C@@H](O)[C@H](O)[C@@H]3O)[C@@H]2O)[C@@H](O)[C@H](O)[C@@H]1O. The Morgan fingerprint density at radius 3 is 1.68 bits per heavy atom. The molecule has 0 aromatic heterocycles. The minimum atomic E-state index is -2.01. The van der Waals surface area contributed by atoms with Gasteiger partial charge in [-0.15, -0.1) is 5.06 Å². The summed E-state index contributed by atoms with van der Waals surface area (Å²) < 4.78 is 44.1. The molecule has 0 saturated carbocycles. The minimum Gasteiger partial charge on any atom is -0.394 e. The van der Waals surface area contributed by atoms with Crippen molar-refractivity contribution in [2.45, 2.75) is 181 Å². The summed E-state index contributed by atoms with van der Waals surface area (Å²) in [4.78, 5) is 80.2. The standard InChI is InChI=1S/C42H68N4O28/c1-16-26(54)30(58)33(61)39(69-16)66-10-8-43-22(50)12-17(45-21(49)4-2-3-5-25(53)74-46-23(51)6-7-24(46)52)38(65)44-9-11-67-41-36(64)37(73-42-35(63)32(60)28(56)19(14-48)71-42)29(57)20(72-41)15-68-40-34(62)31(59)27(55)18(13-47)70-40/h16-20,26-37,39-42,47-48,54-64H,2-15H2,1H3,(H,43,50)(H,44,65)(H,45,49)/t16-,17?,18+,19+,20+,26+,27+,28+,29+,30+,31-,32-,33-,34-,35-,36-,37-,39+,40-,41-,42+/m0/s1. The first-order valence-corrected chi connectivity index (χ1v) is 23.8. The number of imide groups is 1. The van der Waals surface area contributed by atoms with Gasteiger partial charge in [0.15, 0.2) is 25.2 Å². The van der Waals surface area contributed by atoms with E-state index in [-0.39, 0.29) is 51.7 Å². The van der Waals surface area contributed by atoms with Crippen LogP contribution in [0.1, 0.15) is 51.9 Å². The van der Waals surface area contributed by atoms with E-state index in [0.29, 0.717) is 5.06 Å². The van der Waals surface area contributed by atoms with Crippen LogP contribution in [-0.2, 0) is 71.5 Å². The second-order valence-electron chi connectivity index (χ2n) is 18.0. The van der Waals surface area contributed by atoms with Crippen molar-refractivity contribution in [2.75, 3.05) is 46.1 Å². The molecule has 5 heterocycles. The zero-order chi connectivity index (χ0) is 54.6. The lowest BCUT2D eigenvalue weighted by molar-refractivity contribution is -0.366. The summed E-state index contributed by atoms with van der Waals surface area (Å²) in [5, 5.41) is 142. The maximum absolute atomic E-state index is 13.6. The summed E-state index contributed by atoms with van der Waals surface area (Å²) in [6, 6.07) is -1.58. The molecule has 5 saturated heterocycles. The van der Waals surface area contributed by atoms with E-state index in [4.69, 9.17) is 42.7 Å². The van der Waals surface area contributed by atoms with Crippen LogP contribution in [0.5, 0.6) is 0 Å².